The van der Waals surface area contributed by atoms with Gasteiger partial charge in [-0.15, -0.1) is 0 Å². The Morgan fingerprint density at radius 2 is 2.33 bits per heavy atom. The maximum atomic E-state index is 11.4. The van der Waals surface area contributed by atoms with E-state index in [1.807, 2.05) is 13.1 Å². The number of hydrogen-bond donors (Lipinski definition) is 2. The van der Waals surface area contributed by atoms with Crippen molar-refractivity contribution in [2.45, 2.75) is 26.8 Å². The quantitative estimate of drug-likeness (QED) is 0.684. The Labute approximate surface area is 89.9 Å². The third-order valence-electron chi connectivity index (χ3n) is 1.95. The van der Waals surface area contributed by atoms with E-state index in [9.17, 15) is 4.79 Å². The first kappa shape index (κ1) is 11.7. The van der Waals surface area contributed by atoms with Gasteiger partial charge in [-0.3, -0.25) is 9.48 Å². The minimum absolute atomic E-state index is 0.0286. The van der Waals surface area contributed by atoms with Gasteiger partial charge in [-0.2, -0.15) is 5.10 Å². The molecule has 0 aliphatic carbocycles. The van der Waals surface area contributed by atoms with Crippen molar-refractivity contribution in [3.8, 4) is 0 Å². The van der Waals surface area contributed by atoms with E-state index in [0.29, 0.717) is 6.54 Å². The predicted octanol–water partition coefficient (Wildman–Crippen LogP) is 0.841. The highest BCUT2D eigenvalue weighted by molar-refractivity contribution is 5.91. The SMILES string of the molecule is CCCNCC(=O)Nc1cnn(CC)c1. The second-order valence-corrected chi connectivity index (χ2v) is 3.31. The lowest BCUT2D eigenvalue weighted by atomic mass is 10.4. The van der Waals surface area contributed by atoms with Crippen LogP contribution in [0.1, 0.15) is 20.3 Å². The van der Waals surface area contributed by atoms with Crippen LogP contribution in [0, 0.1) is 0 Å². The van der Waals surface area contributed by atoms with E-state index in [-0.39, 0.29) is 5.91 Å². The lowest BCUT2D eigenvalue weighted by Crippen LogP contribution is -2.28. The summed E-state index contributed by atoms with van der Waals surface area (Å²) in [6, 6.07) is 0. The zero-order valence-corrected chi connectivity index (χ0v) is 9.29. The third-order valence-corrected chi connectivity index (χ3v) is 1.95. The van der Waals surface area contributed by atoms with Gasteiger partial charge in [0.15, 0.2) is 0 Å². The van der Waals surface area contributed by atoms with E-state index < -0.39 is 0 Å². The van der Waals surface area contributed by atoms with Crippen molar-refractivity contribution in [2.75, 3.05) is 18.4 Å². The summed E-state index contributed by atoms with van der Waals surface area (Å²) < 4.78 is 1.77. The fourth-order valence-corrected chi connectivity index (χ4v) is 1.18. The monoisotopic (exact) mass is 210 g/mol. The number of carbonyl (C=O) groups excluding carboxylic acids is 1. The van der Waals surface area contributed by atoms with Gasteiger partial charge in [0.1, 0.15) is 0 Å². The average molecular weight is 210 g/mol. The highest BCUT2D eigenvalue weighted by atomic mass is 16.1. The molecule has 0 aliphatic rings. The van der Waals surface area contributed by atoms with Crippen LogP contribution in [0.5, 0.6) is 0 Å². The number of aryl methyl sites for hydroxylation is 1. The fraction of sp³-hybridized carbons (Fsp3) is 0.600. The predicted molar refractivity (Wildman–Crippen MR) is 59.7 cm³/mol. The molecule has 1 heterocycles. The van der Waals surface area contributed by atoms with Crippen molar-refractivity contribution >= 4 is 11.6 Å². The molecule has 0 unspecified atom stereocenters. The van der Waals surface area contributed by atoms with Gasteiger partial charge >= 0.3 is 0 Å². The number of hydrogen-bond acceptors (Lipinski definition) is 3. The molecule has 0 saturated heterocycles. The van der Waals surface area contributed by atoms with Crippen molar-refractivity contribution < 1.29 is 4.79 Å². The molecule has 0 spiro atoms. The van der Waals surface area contributed by atoms with Crippen molar-refractivity contribution in [2.24, 2.45) is 0 Å². The van der Waals surface area contributed by atoms with Crippen molar-refractivity contribution in [1.82, 2.24) is 15.1 Å². The van der Waals surface area contributed by atoms with Crippen LogP contribution in [0.4, 0.5) is 5.69 Å². The summed E-state index contributed by atoms with van der Waals surface area (Å²) in [5.41, 5.74) is 0.750. The Hall–Kier alpha value is -1.36. The van der Waals surface area contributed by atoms with Crippen LogP contribution in [0.25, 0.3) is 0 Å². The van der Waals surface area contributed by atoms with Gasteiger partial charge in [-0.25, -0.2) is 0 Å². The Morgan fingerprint density at radius 1 is 1.53 bits per heavy atom. The molecule has 84 valence electrons. The molecule has 15 heavy (non-hydrogen) atoms. The Kier molecular flexibility index (Phi) is 4.83. The second-order valence-electron chi connectivity index (χ2n) is 3.31. The molecule has 5 heteroatoms. The van der Waals surface area contributed by atoms with Crippen molar-refractivity contribution in [3.05, 3.63) is 12.4 Å². The summed E-state index contributed by atoms with van der Waals surface area (Å²) in [5, 5.41) is 9.87. The first-order valence-corrected chi connectivity index (χ1v) is 5.29. The standard InChI is InChI=1S/C10H18N4O/c1-3-5-11-7-10(15)13-9-6-12-14(4-2)8-9/h6,8,11H,3-5,7H2,1-2H3,(H,13,15). The van der Waals surface area contributed by atoms with Crippen LogP contribution in [0.2, 0.25) is 0 Å². The minimum Gasteiger partial charge on any atom is -0.322 e. The number of rotatable bonds is 6. The number of nitrogens with zero attached hydrogens (tertiary/aromatic N) is 2. The minimum atomic E-state index is -0.0286. The van der Waals surface area contributed by atoms with Crippen LogP contribution >= 0.6 is 0 Å². The molecule has 1 aromatic heterocycles. The number of nitrogens with one attached hydrogen (secondary N) is 2. The largest absolute Gasteiger partial charge is 0.322 e. The topological polar surface area (TPSA) is 59.0 Å². The van der Waals surface area contributed by atoms with E-state index in [4.69, 9.17) is 0 Å². The summed E-state index contributed by atoms with van der Waals surface area (Å²) in [5.74, 6) is -0.0286. The molecule has 1 rings (SSSR count). The molecule has 0 atom stereocenters. The molecule has 1 aromatic rings. The van der Waals surface area contributed by atoms with Crippen molar-refractivity contribution in [1.29, 1.82) is 0 Å². The molecule has 5 nitrogen and oxygen atoms in total. The average Bonchev–Trinajstić information content (AvgIpc) is 2.66. The summed E-state index contributed by atoms with van der Waals surface area (Å²) in [4.78, 5) is 11.4. The van der Waals surface area contributed by atoms with Crippen LogP contribution in [-0.4, -0.2) is 28.8 Å². The van der Waals surface area contributed by atoms with Gasteiger partial charge < -0.3 is 10.6 Å². The fourth-order valence-electron chi connectivity index (χ4n) is 1.18. The van der Waals surface area contributed by atoms with E-state index in [1.165, 1.54) is 0 Å². The molecule has 0 saturated carbocycles. The summed E-state index contributed by atoms with van der Waals surface area (Å²) in [6.45, 7) is 6.09. The smallest absolute Gasteiger partial charge is 0.238 e. The number of carbonyl (C=O) groups is 1. The lowest BCUT2D eigenvalue weighted by molar-refractivity contribution is -0.115. The van der Waals surface area contributed by atoms with Crippen LogP contribution in [-0.2, 0) is 11.3 Å². The number of amides is 1. The second kappa shape index (κ2) is 6.19. The van der Waals surface area contributed by atoms with Gasteiger partial charge in [0.2, 0.25) is 5.91 Å². The lowest BCUT2D eigenvalue weighted by Gasteiger charge is -2.02. The van der Waals surface area contributed by atoms with Gasteiger partial charge in [0, 0.05) is 12.7 Å². The maximum Gasteiger partial charge on any atom is 0.238 e. The Bertz CT molecular complexity index is 308. The maximum absolute atomic E-state index is 11.4. The molecule has 0 fully saturated rings. The van der Waals surface area contributed by atoms with Gasteiger partial charge in [0.05, 0.1) is 18.4 Å². The highest BCUT2D eigenvalue weighted by Gasteiger charge is 2.02. The molecule has 0 bridgehead atoms. The van der Waals surface area contributed by atoms with Gasteiger partial charge in [0.25, 0.3) is 0 Å². The Balaban J connectivity index is 2.31. The summed E-state index contributed by atoms with van der Waals surface area (Å²) >= 11 is 0. The van der Waals surface area contributed by atoms with Crippen LogP contribution in [0.3, 0.4) is 0 Å². The normalized spacial score (nSPS) is 10.3. The molecule has 1 amide bonds. The van der Waals surface area contributed by atoms with E-state index in [2.05, 4.69) is 22.7 Å². The zero-order chi connectivity index (χ0) is 11.1. The first-order valence-electron chi connectivity index (χ1n) is 5.29. The molecular formula is C10H18N4O. The summed E-state index contributed by atoms with van der Waals surface area (Å²) in [7, 11) is 0. The Morgan fingerprint density at radius 3 is 2.93 bits per heavy atom. The van der Waals surface area contributed by atoms with Gasteiger partial charge in [-0.1, -0.05) is 6.92 Å². The number of anilines is 1. The molecule has 0 aliphatic heterocycles. The first-order chi connectivity index (χ1) is 7.26. The van der Waals surface area contributed by atoms with Crippen LogP contribution < -0.4 is 10.6 Å². The highest BCUT2D eigenvalue weighted by Crippen LogP contribution is 2.03. The van der Waals surface area contributed by atoms with Crippen LogP contribution in [0.15, 0.2) is 12.4 Å². The zero-order valence-electron chi connectivity index (χ0n) is 9.29. The molecule has 2 N–H and O–H groups in total. The summed E-state index contributed by atoms with van der Waals surface area (Å²) in [6.07, 6.45) is 4.50. The van der Waals surface area contributed by atoms with Crippen molar-refractivity contribution in [3.63, 3.8) is 0 Å². The molecule has 0 aromatic carbocycles. The molecule has 0 radical (unpaired) electrons. The molecular weight excluding hydrogens is 192 g/mol. The third kappa shape index (κ3) is 4.12. The van der Waals surface area contributed by atoms with E-state index >= 15 is 0 Å². The van der Waals surface area contributed by atoms with E-state index in [0.717, 1.165) is 25.2 Å². The van der Waals surface area contributed by atoms with Gasteiger partial charge in [-0.05, 0) is 19.9 Å². The van der Waals surface area contributed by atoms with E-state index in [1.54, 1.807) is 10.9 Å². The number of aromatic nitrogens is 2.